The van der Waals surface area contributed by atoms with Crippen molar-refractivity contribution in [3.8, 4) is 0 Å². The molecule has 1 fully saturated rings. The van der Waals surface area contributed by atoms with Crippen molar-refractivity contribution in [2.45, 2.75) is 90.9 Å². The van der Waals surface area contributed by atoms with E-state index in [0.717, 1.165) is 36.8 Å². The van der Waals surface area contributed by atoms with E-state index in [1.165, 1.54) is 0 Å². The van der Waals surface area contributed by atoms with Gasteiger partial charge >= 0.3 is 12.1 Å². The molecule has 0 radical (unpaired) electrons. The highest BCUT2D eigenvalue weighted by molar-refractivity contribution is 6.05. The summed E-state index contributed by atoms with van der Waals surface area (Å²) in [6, 6.07) is 8.32. The minimum absolute atomic E-state index is 0.0189. The molecule has 1 aromatic rings. The summed E-state index contributed by atoms with van der Waals surface area (Å²) in [7, 11) is 0. The minimum Gasteiger partial charge on any atom is -0.453 e. The number of rotatable bonds is 15. The SMILES string of the molecule is CC(=O)OC(C(=O)C=CC(=O)CCCCCCO)C(Cc1ccccc1)C(=O)N1C(=O)OC(C)(C)C1C(C)C. The van der Waals surface area contributed by atoms with Gasteiger partial charge in [0, 0.05) is 20.0 Å². The molecular formula is C30H41NO8. The van der Waals surface area contributed by atoms with Crippen molar-refractivity contribution in [2.24, 2.45) is 11.8 Å². The van der Waals surface area contributed by atoms with Crippen LogP contribution >= 0.6 is 0 Å². The minimum atomic E-state index is -1.55. The topological polar surface area (TPSA) is 127 Å². The molecule has 1 aromatic carbocycles. The first-order chi connectivity index (χ1) is 18.4. The zero-order valence-corrected chi connectivity index (χ0v) is 23.6. The van der Waals surface area contributed by atoms with Crippen molar-refractivity contribution in [3.05, 3.63) is 48.0 Å². The third-order valence-electron chi connectivity index (χ3n) is 6.73. The smallest absolute Gasteiger partial charge is 0.417 e. The Hall–Kier alpha value is -3.33. The number of hydrogen-bond donors (Lipinski definition) is 1. The van der Waals surface area contributed by atoms with Gasteiger partial charge in [0.15, 0.2) is 17.7 Å². The zero-order chi connectivity index (χ0) is 29.2. The number of esters is 1. The number of benzene rings is 1. The van der Waals surface area contributed by atoms with Crippen LogP contribution in [-0.2, 0) is 35.1 Å². The highest BCUT2D eigenvalue weighted by Crippen LogP contribution is 2.36. The summed E-state index contributed by atoms with van der Waals surface area (Å²) in [5, 5.41) is 8.86. The summed E-state index contributed by atoms with van der Waals surface area (Å²) in [4.78, 5) is 65.7. The maximum atomic E-state index is 14.0. The number of nitrogens with zero attached hydrogens (tertiary/aromatic N) is 1. The standard InChI is InChI=1S/C30H41NO8/c1-20(2)27-30(4,5)39-29(37)31(27)28(36)24(19-22-13-9-8-10-14-22)26(38-21(3)33)25(35)17-16-23(34)15-11-6-7-12-18-32/h8-10,13-14,16-17,20,24,26-27,32H,6-7,11-12,15,18-19H2,1-5H3. The number of amides is 2. The molecule has 3 unspecified atom stereocenters. The van der Waals surface area contributed by atoms with Gasteiger partial charge in [0.25, 0.3) is 0 Å². The first-order valence-corrected chi connectivity index (χ1v) is 13.5. The van der Waals surface area contributed by atoms with Crippen LogP contribution in [0.15, 0.2) is 42.5 Å². The van der Waals surface area contributed by atoms with Crippen LogP contribution in [0.25, 0.3) is 0 Å². The number of carbonyl (C=O) groups is 5. The number of hydrogen-bond acceptors (Lipinski definition) is 8. The number of unbranched alkanes of at least 4 members (excludes halogenated alkanes) is 3. The van der Waals surface area contributed by atoms with Gasteiger partial charge < -0.3 is 14.6 Å². The summed E-state index contributed by atoms with van der Waals surface area (Å²) in [5.74, 6) is -3.83. The Morgan fingerprint density at radius 1 is 1.05 bits per heavy atom. The number of allylic oxidation sites excluding steroid dienone is 1. The monoisotopic (exact) mass is 543 g/mol. The molecule has 9 heteroatoms. The fraction of sp³-hybridized carbons (Fsp3) is 0.567. The average molecular weight is 544 g/mol. The van der Waals surface area contributed by atoms with Crippen molar-refractivity contribution in [1.29, 1.82) is 0 Å². The van der Waals surface area contributed by atoms with Crippen LogP contribution < -0.4 is 0 Å². The summed E-state index contributed by atoms with van der Waals surface area (Å²) < 4.78 is 10.9. The lowest BCUT2D eigenvalue weighted by Gasteiger charge is -2.34. The average Bonchev–Trinajstić information content (AvgIpc) is 3.12. The summed E-state index contributed by atoms with van der Waals surface area (Å²) in [6.45, 7) is 8.42. The molecule has 2 rings (SSSR count). The normalized spacial score (nSPS) is 18.2. The van der Waals surface area contributed by atoms with E-state index in [1.807, 2.05) is 19.9 Å². The molecule has 1 N–H and O–H groups in total. The van der Waals surface area contributed by atoms with Crippen molar-refractivity contribution in [3.63, 3.8) is 0 Å². The lowest BCUT2D eigenvalue weighted by Crippen LogP contribution is -2.53. The van der Waals surface area contributed by atoms with E-state index in [9.17, 15) is 24.0 Å². The van der Waals surface area contributed by atoms with E-state index in [1.54, 1.807) is 38.1 Å². The first kappa shape index (κ1) is 31.9. The number of aliphatic hydroxyl groups excluding tert-OH is 1. The molecular weight excluding hydrogens is 502 g/mol. The summed E-state index contributed by atoms with van der Waals surface area (Å²) >= 11 is 0. The van der Waals surface area contributed by atoms with E-state index >= 15 is 0 Å². The number of cyclic esters (lactones) is 1. The molecule has 0 saturated carbocycles. The van der Waals surface area contributed by atoms with Crippen LogP contribution in [0.5, 0.6) is 0 Å². The van der Waals surface area contributed by atoms with Gasteiger partial charge in [0.05, 0.1) is 12.0 Å². The molecule has 2 amide bonds. The number of ether oxygens (including phenoxy) is 2. The molecule has 9 nitrogen and oxygen atoms in total. The fourth-order valence-electron chi connectivity index (χ4n) is 5.09. The number of ketones is 2. The van der Waals surface area contributed by atoms with Gasteiger partial charge in [-0.15, -0.1) is 0 Å². The van der Waals surface area contributed by atoms with E-state index in [0.29, 0.717) is 18.4 Å². The zero-order valence-electron chi connectivity index (χ0n) is 23.6. The molecule has 39 heavy (non-hydrogen) atoms. The van der Waals surface area contributed by atoms with Crippen LogP contribution in [0, 0.1) is 11.8 Å². The van der Waals surface area contributed by atoms with E-state index in [4.69, 9.17) is 14.6 Å². The predicted molar refractivity (Wildman–Crippen MR) is 145 cm³/mol. The van der Waals surface area contributed by atoms with Crippen LogP contribution in [0.4, 0.5) is 4.79 Å². The Morgan fingerprint density at radius 2 is 1.69 bits per heavy atom. The van der Waals surface area contributed by atoms with Gasteiger partial charge in [-0.1, -0.05) is 57.0 Å². The highest BCUT2D eigenvalue weighted by Gasteiger charge is 2.54. The van der Waals surface area contributed by atoms with Crippen molar-refractivity contribution < 1.29 is 38.6 Å². The Balaban J connectivity index is 2.38. The Labute approximate surface area is 230 Å². The molecule has 3 atom stereocenters. The quantitative estimate of drug-likeness (QED) is 0.198. The van der Waals surface area contributed by atoms with E-state index in [2.05, 4.69) is 0 Å². The maximum Gasteiger partial charge on any atom is 0.417 e. The molecule has 0 bridgehead atoms. The molecule has 0 spiro atoms. The fourth-order valence-corrected chi connectivity index (χ4v) is 5.09. The van der Waals surface area contributed by atoms with Gasteiger partial charge in [-0.05, 0) is 56.7 Å². The Bertz CT molecular complexity index is 1050. The van der Waals surface area contributed by atoms with Gasteiger partial charge in [-0.3, -0.25) is 19.2 Å². The largest absolute Gasteiger partial charge is 0.453 e. The van der Waals surface area contributed by atoms with Crippen LogP contribution in [0.1, 0.15) is 72.3 Å². The second-order valence-corrected chi connectivity index (χ2v) is 10.8. The summed E-state index contributed by atoms with van der Waals surface area (Å²) in [5.41, 5.74) is -0.250. The third-order valence-corrected chi connectivity index (χ3v) is 6.73. The molecule has 0 aliphatic carbocycles. The lowest BCUT2D eigenvalue weighted by atomic mass is 9.85. The molecule has 1 aliphatic rings. The second kappa shape index (κ2) is 14.7. The third kappa shape index (κ3) is 9.13. The lowest BCUT2D eigenvalue weighted by molar-refractivity contribution is -0.159. The van der Waals surface area contributed by atoms with Gasteiger partial charge in [0.2, 0.25) is 5.91 Å². The number of carbonyl (C=O) groups excluding carboxylic acids is 5. The predicted octanol–water partition coefficient (Wildman–Crippen LogP) is 4.20. The van der Waals surface area contributed by atoms with Crippen LogP contribution in [-0.4, -0.2) is 63.9 Å². The van der Waals surface area contributed by atoms with E-state index in [-0.39, 0.29) is 31.1 Å². The Kier molecular flexibility index (Phi) is 12.0. The van der Waals surface area contributed by atoms with Crippen molar-refractivity contribution in [1.82, 2.24) is 4.90 Å². The maximum absolute atomic E-state index is 14.0. The highest BCUT2D eigenvalue weighted by atomic mass is 16.6. The number of aliphatic hydroxyl groups is 1. The number of imide groups is 1. The van der Waals surface area contributed by atoms with Gasteiger partial charge in [0.1, 0.15) is 5.60 Å². The molecule has 0 aromatic heterocycles. The van der Waals surface area contributed by atoms with Crippen molar-refractivity contribution in [2.75, 3.05) is 6.61 Å². The van der Waals surface area contributed by atoms with E-state index < -0.39 is 47.4 Å². The Morgan fingerprint density at radius 3 is 2.28 bits per heavy atom. The van der Waals surface area contributed by atoms with Crippen molar-refractivity contribution >= 4 is 29.5 Å². The first-order valence-electron chi connectivity index (χ1n) is 13.5. The molecule has 1 saturated heterocycles. The molecule has 1 aliphatic heterocycles. The summed E-state index contributed by atoms with van der Waals surface area (Å²) in [6.07, 6.45) is 2.92. The van der Waals surface area contributed by atoms with Gasteiger partial charge in [-0.25, -0.2) is 9.69 Å². The molecule has 214 valence electrons. The molecule has 1 heterocycles. The van der Waals surface area contributed by atoms with Crippen LogP contribution in [0.2, 0.25) is 0 Å². The second-order valence-electron chi connectivity index (χ2n) is 10.8. The van der Waals surface area contributed by atoms with Gasteiger partial charge in [-0.2, -0.15) is 0 Å². The van der Waals surface area contributed by atoms with Crippen LogP contribution in [0.3, 0.4) is 0 Å².